The fraction of sp³-hybridized carbons (Fsp3) is 0.357. The average Bonchev–Trinajstić information content (AvgIpc) is 3.33. The molecule has 3 aromatic rings. The molecule has 1 aromatic heterocycles. The summed E-state index contributed by atoms with van der Waals surface area (Å²) in [5.74, 6) is 0.656. The van der Waals surface area contributed by atoms with Gasteiger partial charge in [0.05, 0.1) is 25.7 Å². The topological polar surface area (TPSA) is 102 Å². The maximum absolute atomic E-state index is 13.6. The van der Waals surface area contributed by atoms with Gasteiger partial charge in [-0.05, 0) is 60.5 Å². The number of hydrogen-bond acceptors (Lipinski definition) is 7. The number of nitro benzene ring substituents is 1. The van der Waals surface area contributed by atoms with E-state index in [0.717, 1.165) is 16.0 Å². The minimum absolute atomic E-state index is 0.119. The predicted molar refractivity (Wildman–Crippen MR) is 147 cm³/mol. The second kappa shape index (κ2) is 13.6. The molecule has 1 heterocycles. The number of non-ortho nitro benzene ring substituents is 1. The Labute approximate surface area is 226 Å². The molecule has 0 bridgehead atoms. The molecule has 0 unspecified atom stereocenters. The first kappa shape index (κ1) is 28.6. The average molecular weight is 540 g/mol. The van der Waals surface area contributed by atoms with Crippen molar-refractivity contribution in [2.24, 2.45) is 0 Å². The van der Waals surface area contributed by atoms with Crippen molar-refractivity contribution in [1.82, 2.24) is 9.80 Å². The Morgan fingerprint density at radius 2 is 1.76 bits per heavy atom. The van der Waals surface area contributed by atoms with Gasteiger partial charge in [0.15, 0.2) is 11.5 Å². The number of amides is 2. The summed E-state index contributed by atoms with van der Waals surface area (Å²) in [4.78, 5) is 41.8. The molecule has 2 amide bonds. The number of benzene rings is 2. The minimum Gasteiger partial charge on any atom is -0.493 e. The second-order valence-electron chi connectivity index (χ2n) is 8.82. The van der Waals surface area contributed by atoms with Crippen LogP contribution in [0.3, 0.4) is 0 Å². The van der Waals surface area contributed by atoms with E-state index in [4.69, 9.17) is 9.47 Å². The summed E-state index contributed by atoms with van der Waals surface area (Å²) in [6.07, 6.45) is 1.23. The van der Waals surface area contributed by atoms with Crippen LogP contribution in [0.25, 0.3) is 0 Å². The smallest absolute Gasteiger partial charge is 0.270 e. The zero-order valence-electron chi connectivity index (χ0n) is 22.1. The van der Waals surface area contributed by atoms with E-state index in [-0.39, 0.29) is 23.7 Å². The molecule has 0 aliphatic carbocycles. The Hall–Kier alpha value is -3.92. The molecule has 0 aliphatic rings. The van der Waals surface area contributed by atoms with Crippen LogP contribution in [-0.2, 0) is 17.8 Å². The molecular weight excluding hydrogens is 506 g/mol. The minimum atomic E-state index is -0.536. The highest BCUT2D eigenvalue weighted by molar-refractivity contribution is 7.10. The summed E-state index contributed by atoms with van der Waals surface area (Å²) in [5, 5.41) is 13.2. The van der Waals surface area contributed by atoms with Crippen LogP contribution in [0.2, 0.25) is 0 Å². The molecule has 9 nitrogen and oxygen atoms in total. The number of rotatable bonds is 13. The number of nitro groups is 1. The molecule has 0 aliphatic heterocycles. The summed E-state index contributed by atoms with van der Waals surface area (Å²) in [6, 6.07) is 13.3. The van der Waals surface area contributed by atoms with Crippen molar-refractivity contribution >= 4 is 28.8 Å². The lowest BCUT2D eigenvalue weighted by Crippen LogP contribution is -2.43. The van der Waals surface area contributed by atoms with Crippen LogP contribution in [0.4, 0.5) is 5.69 Å². The van der Waals surface area contributed by atoms with Crippen molar-refractivity contribution in [1.29, 1.82) is 0 Å². The maximum atomic E-state index is 13.6. The Kier molecular flexibility index (Phi) is 10.2. The van der Waals surface area contributed by atoms with Crippen molar-refractivity contribution in [2.45, 2.75) is 33.2 Å². The normalized spacial score (nSPS) is 10.6. The molecule has 0 saturated heterocycles. The fourth-order valence-electron chi connectivity index (χ4n) is 4.05. The number of carbonyl (C=O) groups is 2. The van der Waals surface area contributed by atoms with Crippen LogP contribution in [0, 0.1) is 17.0 Å². The third-order valence-electron chi connectivity index (χ3n) is 6.18. The quantitative estimate of drug-likeness (QED) is 0.221. The third kappa shape index (κ3) is 7.32. The molecule has 0 spiro atoms. The van der Waals surface area contributed by atoms with Gasteiger partial charge in [-0.1, -0.05) is 19.1 Å². The van der Waals surface area contributed by atoms with E-state index in [1.54, 1.807) is 30.5 Å². The van der Waals surface area contributed by atoms with Gasteiger partial charge in [0.2, 0.25) is 5.91 Å². The number of methoxy groups -OCH3 is 2. The van der Waals surface area contributed by atoms with Crippen molar-refractivity contribution in [3.05, 3.63) is 85.6 Å². The molecule has 0 radical (unpaired) electrons. The first-order valence-corrected chi connectivity index (χ1v) is 13.2. The van der Waals surface area contributed by atoms with Crippen molar-refractivity contribution < 1.29 is 24.0 Å². The number of thiophene rings is 1. The van der Waals surface area contributed by atoms with Crippen LogP contribution in [-0.4, -0.2) is 60.4 Å². The van der Waals surface area contributed by atoms with Gasteiger partial charge < -0.3 is 19.3 Å². The summed E-state index contributed by atoms with van der Waals surface area (Å²) in [7, 11) is 3.16. The van der Waals surface area contributed by atoms with E-state index in [0.29, 0.717) is 44.0 Å². The van der Waals surface area contributed by atoms with E-state index in [2.05, 4.69) is 0 Å². The molecule has 0 saturated carbocycles. The highest BCUT2D eigenvalue weighted by atomic mass is 32.1. The zero-order chi connectivity index (χ0) is 27.7. The summed E-state index contributed by atoms with van der Waals surface area (Å²) >= 11 is 1.59. The second-order valence-corrected chi connectivity index (χ2v) is 9.82. The molecule has 0 atom stereocenters. The van der Waals surface area contributed by atoms with Crippen LogP contribution < -0.4 is 9.47 Å². The highest BCUT2D eigenvalue weighted by Crippen LogP contribution is 2.28. The van der Waals surface area contributed by atoms with Gasteiger partial charge in [0.1, 0.15) is 6.54 Å². The Morgan fingerprint density at radius 3 is 2.39 bits per heavy atom. The van der Waals surface area contributed by atoms with Gasteiger partial charge in [0.25, 0.3) is 11.6 Å². The molecule has 202 valence electrons. The number of ether oxygens (including phenoxy) is 2. The van der Waals surface area contributed by atoms with Crippen LogP contribution in [0.1, 0.15) is 39.7 Å². The van der Waals surface area contributed by atoms with Crippen molar-refractivity contribution in [3.63, 3.8) is 0 Å². The van der Waals surface area contributed by atoms with Crippen molar-refractivity contribution in [3.8, 4) is 11.5 Å². The summed E-state index contributed by atoms with van der Waals surface area (Å²) in [6.45, 7) is 5.04. The third-order valence-corrected chi connectivity index (χ3v) is 7.19. The van der Waals surface area contributed by atoms with Gasteiger partial charge >= 0.3 is 0 Å². The van der Waals surface area contributed by atoms with Gasteiger partial charge in [-0.15, -0.1) is 11.3 Å². The molecule has 3 rings (SSSR count). The Morgan fingerprint density at radius 1 is 1.00 bits per heavy atom. The van der Waals surface area contributed by atoms with Crippen LogP contribution >= 0.6 is 11.3 Å². The number of nitrogens with zero attached hydrogens (tertiary/aromatic N) is 3. The van der Waals surface area contributed by atoms with E-state index in [9.17, 15) is 19.7 Å². The lowest BCUT2D eigenvalue weighted by molar-refractivity contribution is -0.384. The first-order valence-electron chi connectivity index (χ1n) is 12.3. The predicted octanol–water partition coefficient (Wildman–Crippen LogP) is 5.11. The maximum Gasteiger partial charge on any atom is 0.270 e. The Bertz CT molecular complexity index is 1270. The lowest BCUT2D eigenvalue weighted by Gasteiger charge is -2.28. The standard InChI is InChI=1S/C28H33N3O6S/c1-5-13-30(28(33)22-7-6-8-23(17-22)31(34)35)19-27(32)29(18-26-20(2)12-15-38-26)14-11-21-9-10-24(36-3)25(16-21)37-4/h6-10,12,15-17H,5,11,13-14,18-19H2,1-4H3. The Balaban J connectivity index is 1.81. The summed E-state index contributed by atoms with van der Waals surface area (Å²) in [5.41, 5.74) is 2.12. The first-order chi connectivity index (χ1) is 18.3. The molecule has 0 fully saturated rings. The van der Waals surface area contributed by atoms with Gasteiger partial charge in [0, 0.05) is 35.7 Å². The van der Waals surface area contributed by atoms with E-state index in [1.165, 1.54) is 29.2 Å². The van der Waals surface area contributed by atoms with Crippen molar-refractivity contribution in [2.75, 3.05) is 33.9 Å². The van der Waals surface area contributed by atoms with Crippen LogP contribution in [0.5, 0.6) is 11.5 Å². The lowest BCUT2D eigenvalue weighted by atomic mass is 10.1. The van der Waals surface area contributed by atoms with E-state index >= 15 is 0 Å². The molecule has 38 heavy (non-hydrogen) atoms. The van der Waals surface area contributed by atoms with Crippen LogP contribution in [0.15, 0.2) is 53.9 Å². The largest absolute Gasteiger partial charge is 0.493 e. The van der Waals surface area contributed by atoms with Gasteiger partial charge in [-0.25, -0.2) is 0 Å². The highest BCUT2D eigenvalue weighted by Gasteiger charge is 2.24. The van der Waals surface area contributed by atoms with Gasteiger partial charge in [-0.2, -0.15) is 0 Å². The zero-order valence-corrected chi connectivity index (χ0v) is 23.0. The molecule has 10 heteroatoms. The monoisotopic (exact) mass is 539 g/mol. The van der Waals surface area contributed by atoms with E-state index < -0.39 is 10.8 Å². The SMILES string of the molecule is CCCN(CC(=O)N(CCc1ccc(OC)c(OC)c1)Cc1sccc1C)C(=O)c1cccc([N+](=O)[O-])c1. The molecular formula is C28H33N3O6S. The number of hydrogen-bond donors (Lipinski definition) is 0. The number of carbonyl (C=O) groups excluding carboxylic acids is 2. The summed E-state index contributed by atoms with van der Waals surface area (Å²) < 4.78 is 10.7. The molecule has 2 aromatic carbocycles. The molecule has 0 N–H and O–H groups in total. The number of aryl methyl sites for hydroxylation is 1. The van der Waals surface area contributed by atoms with Gasteiger partial charge in [-0.3, -0.25) is 19.7 Å². The van der Waals surface area contributed by atoms with E-state index in [1.807, 2.05) is 43.5 Å². The fourth-order valence-corrected chi connectivity index (χ4v) is 4.97.